The minimum atomic E-state index is -0.0573. The molecule has 1 amide bonds. The van der Waals surface area contributed by atoms with Crippen LogP contribution >= 0.6 is 11.8 Å². The van der Waals surface area contributed by atoms with Crippen molar-refractivity contribution in [3.8, 4) is 5.69 Å². The van der Waals surface area contributed by atoms with Gasteiger partial charge in [-0.3, -0.25) is 9.89 Å². The Bertz CT molecular complexity index is 799. The number of aromatic nitrogens is 5. The number of nitrogens with one attached hydrogen (secondary N) is 2. The van der Waals surface area contributed by atoms with Crippen molar-refractivity contribution >= 4 is 17.7 Å². The highest BCUT2D eigenvalue weighted by atomic mass is 32.2. The Balaban J connectivity index is 1.55. The summed E-state index contributed by atoms with van der Waals surface area (Å²) in [5.41, 5.74) is 1.96. The summed E-state index contributed by atoms with van der Waals surface area (Å²) in [5.74, 6) is 1.05. The van der Waals surface area contributed by atoms with Crippen molar-refractivity contribution in [3.05, 3.63) is 54.1 Å². The Morgan fingerprint density at radius 3 is 2.96 bits per heavy atom. The zero-order valence-corrected chi connectivity index (χ0v) is 14.1. The lowest BCUT2D eigenvalue weighted by molar-refractivity contribution is -0.118. The van der Waals surface area contributed by atoms with Crippen molar-refractivity contribution in [2.75, 3.05) is 5.75 Å². The van der Waals surface area contributed by atoms with Crippen LogP contribution in [0.25, 0.3) is 5.69 Å². The Labute approximate surface area is 143 Å². The third-order valence-electron chi connectivity index (χ3n) is 3.40. The Morgan fingerprint density at radius 2 is 2.21 bits per heavy atom. The van der Waals surface area contributed by atoms with Crippen LogP contribution in [0.1, 0.15) is 18.3 Å². The van der Waals surface area contributed by atoms with Gasteiger partial charge in [0.2, 0.25) is 11.1 Å². The van der Waals surface area contributed by atoms with Crippen LogP contribution in [0.5, 0.6) is 0 Å². The summed E-state index contributed by atoms with van der Waals surface area (Å²) in [6, 6.07) is 9.72. The molecule has 0 saturated carbocycles. The van der Waals surface area contributed by atoms with Crippen LogP contribution in [0, 0.1) is 0 Å². The van der Waals surface area contributed by atoms with E-state index in [1.54, 1.807) is 10.9 Å². The van der Waals surface area contributed by atoms with E-state index in [0.29, 0.717) is 11.7 Å². The van der Waals surface area contributed by atoms with Gasteiger partial charge in [0.15, 0.2) is 0 Å². The number of nitrogens with zero attached hydrogens (tertiary/aromatic N) is 4. The summed E-state index contributed by atoms with van der Waals surface area (Å²) in [7, 11) is 0. The lowest BCUT2D eigenvalue weighted by Crippen LogP contribution is -2.25. The second-order valence-corrected chi connectivity index (χ2v) is 6.01. The lowest BCUT2D eigenvalue weighted by Gasteiger charge is -2.10. The smallest absolute Gasteiger partial charge is 0.230 e. The van der Waals surface area contributed by atoms with Crippen molar-refractivity contribution in [2.24, 2.45) is 0 Å². The first-order valence-electron chi connectivity index (χ1n) is 7.65. The number of carbonyl (C=O) groups excluding carboxylic acids is 1. The summed E-state index contributed by atoms with van der Waals surface area (Å²) >= 11 is 1.32. The molecule has 0 spiro atoms. The highest BCUT2D eigenvalue weighted by Gasteiger charge is 2.09. The largest absolute Gasteiger partial charge is 0.351 e. The highest BCUT2D eigenvalue weighted by molar-refractivity contribution is 7.99. The maximum atomic E-state index is 12.0. The van der Waals surface area contributed by atoms with E-state index in [2.05, 4.69) is 25.6 Å². The van der Waals surface area contributed by atoms with Gasteiger partial charge in [0.1, 0.15) is 5.82 Å². The minimum Gasteiger partial charge on any atom is -0.351 e. The number of benzene rings is 1. The fraction of sp³-hybridized carbons (Fsp3) is 0.250. The summed E-state index contributed by atoms with van der Waals surface area (Å²) in [4.78, 5) is 16.3. The molecule has 1 aromatic carbocycles. The van der Waals surface area contributed by atoms with Gasteiger partial charge < -0.3 is 5.32 Å². The molecule has 0 aliphatic heterocycles. The number of hydrogen-bond donors (Lipinski definition) is 2. The van der Waals surface area contributed by atoms with E-state index in [-0.39, 0.29) is 11.7 Å². The molecule has 0 saturated heterocycles. The number of H-pyrrole nitrogens is 1. The van der Waals surface area contributed by atoms with E-state index < -0.39 is 0 Å². The van der Waals surface area contributed by atoms with E-state index in [1.165, 1.54) is 11.8 Å². The van der Waals surface area contributed by atoms with Crippen molar-refractivity contribution in [3.63, 3.8) is 0 Å². The zero-order chi connectivity index (χ0) is 16.8. The quantitative estimate of drug-likeness (QED) is 0.641. The molecule has 24 heavy (non-hydrogen) atoms. The van der Waals surface area contributed by atoms with E-state index >= 15 is 0 Å². The van der Waals surface area contributed by atoms with Crippen molar-refractivity contribution in [1.29, 1.82) is 0 Å². The molecule has 0 fully saturated rings. The number of para-hydroxylation sites is 1. The molecule has 0 aliphatic rings. The summed E-state index contributed by atoms with van der Waals surface area (Å²) in [6.07, 6.45) is 4.41. The monoisotopic (exact) mass is 342 g/mol. The number of hydrogen-bond acceptors (Lipinski definition) is 5. The second-order valence-electron chi connectivity index (χ2n) is 5.06. The van der Waals surface area contributed by atoms with Gasteiger partial charge in [-0.2, -0.15) is 5.10 Å². The van der Waals surface area contributed by atoms with Gasteiger partial charge >= 0.3 is 0 Å². The summed E-state index contributed by atoms with van der Waals surface area (Å²) in [6.45, 7) is 2.45. The summed E-state index contributed by atoms with van der Waals surface area (Å²) < 4.78 is 1.79. The number of amides is 1. The number of aryl methyl sites for hydroxylation is 1. The molecule has 3 aromatic rings. The molecule has 0 bridgehead atoms. The van der Waals surface area contributed by atoms with E-state index in [0.717, 1.165) is 23.5 Å². The number of rotatable bonds is 7. The van der Waals surface area contributed by atoms with Crippen LogP contribution in [-0.2, 0) is 17.8 Å². The van der Waals surface area contributed by atoms with Crippen LogP contribution in [0.4, 0.5) is 0 Å². The van der Waals surface area contributed by atoms with Crippen LogP contribution in [0.3, 0.4) is 0 Å². The van der Waals surface area contributed by atoms with E-state index in [9.17, 15) is 4.79 Å². The molecular weight excluding hydrogens is 324 g/mol. The van der Waals surface area contributed by atoms with Crippen molar-refractivity contribution in [2.45, 2.75) is 25.0 Å². The molecule has 0 atom stereocenters. The fourth-order valence-corrected chi connectivity index (χ4v) is 2.82. The Hall–Kier alpha value is -2.61. The molecule has 7 nitrogen and oxygen atoms in total. The molecule has 2 heterocycles. The van der Waals surface area contributed by atoms with Crippen LogP contribution < -0.4 is 5.32 Å². The normalized spacial score (nSPS) is 10.7. The lowest BCUT2D eigenvalue weighted by atomic mass is 10.2. The number of carbonyl (C=O) groups is 1. The molecule has 124 valence electrons. The van der Waals surface area contributed by atoms with Crippen molar-refractivity contribution < 1.29 is 4.79 Å². The third kappa shape index (κ3) is 4.02. The molecule has 0 unspecified atom stereocenters. The number of aromatic amines is 1. The molecule has 2 aromatic heterocycles. The standard InChI is InChI=1S/C16H18N6OS/c1-2-14-19-16(21-20-14)24-11-15(23)17-10-12-6-3-4-7-13(12)22-9-5-8-18-22/h3-9H,2,10-11H2,1H3,(H,17,23)(H,19,20,21). The van der Waals surface area contributed by atoms with E-state index in [4.69, 9.17) is 0 Å². The maximum absolute atomic E-state index is 12.0. The third-order valence-corrected chi connectivity index (χ3v) is 4.24. The molecule has 2 N–H and O–H groups in total. The number of thioether (sulfide) groups is 1. The first-order valence-corrected chi connectivity index (χ1v) is 8.63. The molecule has 8 heteroatoms. The molecular formula is C16H18N6OS. The average Bonchev–Trinajstić information content (AvgIpc) is 3.30. The maximum Gasteiger partial charge on any atom is 0.230 e. The molecule has 0 aliphatic carbocycles. The van der Waals surface area contributed by atoms with Crippen LogP contribution in [-0.4, -0.2) is 36.6 Å². The second kappa shape index (κ2) is 7.78. The Kier molecular flexibility index (Phi) is 5.27. The van der Waals surface area contributed by atoms with Gasteiger partial charge in [0.25, 0.3) is 0 Å². The fourth-order valence-electron chi connectivity index (χ4n) is 2.17. The van der Waals surface area contributed by atoms with Crippen LogP contribution in [0.15, 0.2) is 47.9 Å². The van der Waals surface area contributed by atoms with Gasteiger partial charge in [-0.25, -0.2) is 9.67 Å². The predicted molar refractivity (Wildman–Crippen MR) is 91.9 cm³/mol. The van der Waals surface area contributed by atoms with Crippen LogP contribution in [0.2, 0.25) is 0 Å². The summed E-state index contributed by atoms with van der Waals surface area (Å²) in [5, 5.41) is 14.7. The van der Waals surface area contributed by atoms with E-state index in [1.807, 2.05) is 43.5 Å². The Morgan fingerprint density at radius 1 is 1.33 bits per heavy atom. The minimum absolute atomic E-state index is 0.0573. The topological polar surface area (TPSA) is 88.5 Å². The van der Waals surface area contributed by atoms with Gasteiger partial charge in [-0.15, -0.1) is 5.10 Å². The average molecular weight is 342 g/mol. The van der Waals surface area contributed by atoms with Gasteiger partial charge in [0.05, 0.1) is 11.4 Å². The van der Waals surface area contributed by atoms with Gasteiger partial charge in [-0.1, -0.05) is 36.9 Å². The zero-order valence-electron chi connectivity index (χ0n) is 13.3. The van der Waals surface area contributed by atoms with Gasteiger partial charge in [0, 0.05) is 25.4 Å². The highest BCUT2D eigenvalue weighted by Crippen LogP contribution is 2.14. The SMILES string of the molecule is CCc1nc(SCC(=O)NCc2ccccc2-n2cccn2)n[nH]1. The van der Waals surface area contributed by atoms with Gasteiger partial charge in [-0.05, 0) is 17.7 Å². The first kappa shape index (κ1) is 16.3. The predicted octanol–water partition coefficient (Wildman–Crippen LogP) is 1.96. The molecule has 0 radical (unpaired) electrons. The molecule has 3 rings (SSSR count). The van der Waals surface area contributed by atoms with Crippen molar-refractivity contribution in [1.82, 2.24) is 30.3 Å². The first-order chi connectivity index (χ1) is 11.8.